The number of hydrogen-bond donors (Lipinski definition) is 2. The molecule has 0 spiro atoms. The van der Waals surface area contributed by atoms with E-state index in [9.17, 15) is 0 Å². The van der Waals surface area contributed by atoms with E-state index in [-0.39, 0.29) is 5.41 Å². The van der Waals surface area contributed by atoms with Crippen molar-refractivity contribution in [1.82, 2.24) is 15.5 Å². The molecular weight excluding hydrogens is 340 g/mol. The first-order valence-electron chi connectivity index (χ1n) is 10.1. The van der Waals surface area contributed by atoms with Crippen molar-refractivity contribution >= 4 is 5.96 Å². The third kappa shape index (κ3) is 5.36. The maximum Gasteiger partial charge on any atom is 0.191 e. The molecule has 1 saturated carbocycles. The average Bonchev–Trinajstić information content (AvgIpc) is 3.21. The molecule has 2 N–H and O–H groups in total. The molecule has 0 unspecified atom stereocenters. The lowest BCUT2D eigenvalue weighted by atomic mass is 9.78. The molecule has 0 radical (unpaired) electrons. The molecule has 2 aliphatic rings. The molecular formula is C21H34N4O2. The first-order valence-corrected chi connectivity index (χ1v) is 10.1. The third-order valence-electron chi connectivity index (χ3n) is 5.88. The summed E-state index contributed by atoms with van der Waals surface area (Å²) in [6.45, 7) is 6.54. The van der Waals surface area contributed by atoms with Gasteiger partial charge < -0.3 is 20.1 Å². The van der Waals surface area contributed by atoms with Gasteiger partial charge in [-0.15, -0.1) is 0 Å². The number of aliphatic imine (C=N–C) groups is 1. The molecule has 1 aromatic carbocycles. The van der Waals surface area contributed by atoms with Crippen molar-refractivity contribution in [1.29, 1.82) is 0 Å². The van der Waals surface area contributed by atoms with Crippen molar-refractivity contribution in [3.8, 4) is 5.75 Å². The van der Waals surface area contributed by atoms with Gasteiger partial charge in [0, 0.05) is 45.2 Å². The van der Waals surface area contributed by atoms with E-state index in [0.29, 0.717) is 0 Å². The van der Waals surface area contributed by atoms with E-state index in [1.54, 1.807) is 7.11 Å². The van der Waals surface area contributed by atoms with E-state index in [1.165, 1.54) is 31.2 Å². The van der Waals surface area contributed by atoms with Crippen LogP contribution in [0.15, 0.2) is 29.3 Å². The molecule has 1 heterocycles. The fraction of sp³-hybridized carbons (Fsp3) is 0.667. The summed E-state index contributed by atoms with van der Waals surface area (Å²) in [5.74, 6) is 1.82. The summed E-state index contributed by atoms with van der Waals surface area (Å²) in [5.41, 5.74) is 1.53. The molecule has 1 saturated heterocycles. The van der Waals surface area contributed by atoms with E-state index >= 15 is 0 Å². The van der Waals surface area contributed by atoms with Gasteiger partial charge in [0.15, 0.2) is 5.96 Å². The van der Waals surface area contributed by atoms with Crippen molar-refractivity contribution in [2.24, 2.45) is 4.99 Å². The number of morpholine rings is 1. The highest BCUT2D eigenvalue weighted by atomic mass is 16.5. The molecule has 3 rings (SSSR count). The van der Waals surface area contributed by atoms with Crippen LogP contribution in [0.2, 0.25) is 0 Å². The van der Waals surface area contributed by atoms with Crippen LogP contribution < -0.4 is 15.4 Å². The topological polar surface area (TPSA) is 58.1 Å². The van der Waals surface area contributed by atoms with Crippen LogP contribution in [0.3, 0.4) is 0 Å². The van der Waals surface area contributed by atoms with Gasteiger partial charge in [0.2, 0.25) is 0 Å². The highest BCUT2D eigenvalue weighted by Crippen LogP contribution is 2.41. The van der Waals surface area contributed by atoms with Crippen LogP contribution in [0.1, 0.15) is 31.2 Å². The Morgan fingerprint density at radius 2 is 2.00 bits per heavy atom. The zero-order valence-corrected chi connectivity index (χ0v) is 16.8. The SMILES string of the molecule is CN=C(NCCN1CCOCC1)NCC1(c2cccc(OC)c2)CCCC1. The summed E-state index contributed by atoms with van der Waals surface area (Å²) in [6.07, 6.45) is 4.97. The zero-order chi connectivity index (χ0) is 19.0. The molecule has 6 nitrogen and oxygen atoms in total. The first-order chi connectivity index (χ1) is 13.3. The van der Waals surface area contributed by atoms with E-state index in [2.05, 4.69) is 38.7 Å². The first kappa shape index (κ1) is 20.0. The van der Waals surface area contributed by atoms with Gasteiger partial charge >= 0.3 is 0 Å². The molecule has 1 aromatic rings. The van der Waals surface area contributed by atoms with Crippen LogP contribution in [-0.2, 0) is 10.2 Å². The van der Waals surface area contributed by atoms with Gasteiger partial charge in [-0.1, -0.05) is 25.0 Å². The number of nitrogens with one attached hydrogen (secondary N) is 2. The fourth-order valence-electron chi connectivity index (χ4n) is 4.20. The number of rotatable bonds is 7. The van der Waals surface area contributed by atoms with E-state index in [1.807, 2.05) is 13.1 Å². The Morgan fingerprint density at radius 3 is 2.70 bits per heavy atom. The van der Waals surface area contributed by atoms with E-state index in [4.69, 9.17) is 9.47 Å². The number of guanidine groups is 1. The molecule has 0 bridgehead atoms. The predicted octanol–water partition coefficient (Wildman–Crippen LogP) is 2.00. The van der Waals surface area contributed by atoms with Crippen molar-refractivity contribution in [3.05, 3.63) is 29.8 Å². The Hall–Kier alpha value is -1.79. The molecule has 0 atom stereocenters. The number of nitrogens with zero attached hydrogens (tertiary/aromatic N) is 2. The minimum atomic E-state index is 0.163. The Labute approximate surface area is 163 Å². The van der Waals surface area contributed by atoms with Gasteiger partial charge in [0.25, 0.3) is 0 Å². The maximum absolute atomic E-state index is 5.45. The second kappa shape index (κ2) is 9.95. The quantitative estimate of drug-likeness (QED) is 0.565. The summed E-state index contributed by atoms with van der Waals surface area (Å²) in [4.78, 5) is 6.85. The smallest absolute Gasteiger partial charge is 0.191 e. The lowest BCUT2D eigenvalue weighted by Gasteiger charge is -2.31. The largest absolute Gasteiger partial charge is 0.497 e. The molecule has 1 aliphatic heterocycles. The molecule has 1 aliphatic carbocycles. The molecule has 27 heavy (non-hydrogen) atoms. The van der Waals surface area contributed by atoms with Crippen LogP contribution in [-0.4, -0.2) is 71.0 Å². The van der Waals surface area contributed by atoms with Gasteiger partial charge in [-0.2, -0.15) is 0 Å². The standard InChI is InChI=1S/C21H34N4O2/c1-22-20(23-10-11-25-12-14-27-15-13-25)24-17-21(8-3-4-9-21)18-6-5-7-19(16-18)26-2/h5-7,16H,3-4,8-15,17H2,1-2H3,(H2,22,23,24). The number of ether oxygens (including phenoxy) is 2. The molecule has 0 aromatic heterocycles. The summed E-state index contributed by atoms with van der Waals surface area (Å²) in [6, 6.07) is 8.56. The number of hydrogen-bond acceptors (Lipinski definition) is 4. The minimum Gasteiger partial charge on any atom is -0.497 e. The van der Waals surface area contributed by atoms with Gasteiger partial charge in [-0.05, 0) is 30.5 Å². The van der Waals surface area contributed by atoms with Crippen molar-refractivity contribution in [2.45, 2.75) is 31.1 Å². The number of methoxy groups -OCH3 is 1. The zero-order valence-electron chi connectivity index (χ0n) is 16.8. The third-order valence-corrected chi connectivity index (χ3v) is 5.88. The fourth-order valence-corrected chi connectivity index (χ4v) is 4.20. The van der Waals surface area contributed by atoms with Crippen molar-refractivity contribution < 1.29 is 9.47 Å². The maximum atomic E-state index is 5.45. The van der Waals surface area contributed by atoms with Crippen molar-refractivity contribution in [2.75, 3.05) is 60.1 Å². The van der Waals surface area contributed by atoms with E-state index in [0.717, 1.165) is 57.6 Å². The summed E-state index contributed by atoms with van der Waals surface area (Å²) < 4.78 is 10.9. The van der Waals surface area contributed by atoms with Gasteiger partial charge in [-0.25, -0.2) is 0 Å². The minimum absolute atomic E-state index is 0.163. The lowest BCUT2D eigenvalue weighted by molar-refractivity contribution is 0.0389. The normalized spacial score (nSPS) is 20.4. The lowest BCUT2D eigenvalue weighted by Crippen LogP contribution is -2.47. The van der Waals surface area contributed by atoms with Crippen LogP contribution >= 0.6 is 0 Å². The van der Waals surface area contributed by atoms with Crippen LogP contribution in [0.5, 0.6) is 5.75 Å². The Bertz CT molecular complexity index is 608. The Morgan fingerprint density at radius 1 is 1.22 bits per heavy atom. The summed E-state index contributed by atoms with van der Waals surface area (Å²) in [7, 11) is 3.58. The monoisotopic (exact) mass is 374 g/mol. The second-order valence-electron chi connectivity index (χ2n) is 7.53. The Kier molecular flexibility index (Phi) is 7.35. The van der Waals surface area contributed by atoms with E-state index < -0.39 is 0 Å². The predicted molar refractivity (Wildman–Crippen MR) is 110 cm³/mol. The molecule has 150 valence electrons. The summed E-state index contributed by atoms with van der Waals surface area (Å²) in [5, 5.41) is 7.04. The van der Waals surface area contributed by atoms with Gasteiger partial charge in [0.1, 0.15) is 5.75 Å². The summed E-state index contributed by atoms with van der Waals surface area (Å²) >= 11 is 0. The highest BCUT2D eigenvalue weighted by molar-refractivity contribution is 5.79. The van der Waals surface area contributed by atoms with Crippen LogP contribution in [0.25, 0.3) is 0 Å². The van der Waals surface area contributed by atoms with Gasteiger partial charge in [-0.3, -0.25) is 9.89 Å². The van der Waals surface area contributed by atoms with Gasteiger partial charge in [0.05, 0.1) is 20.3 Å². The average molecular weight is 375 g/mol. The molecule has 0 amide bonds. The van der Waals surface area contributed by atoms with Crippen LogP contribution in [0.4, 0.5) is 0 Å². The highest BCUT2D eigenvalue weighted by Gasteiger charge is 2.36. The second-order valence-corrected chi connectivity index (χ2v) is 7.53. The van der Waals surface area contributed by atoms with Crippen molar-refractivity contribution in [3.63, 3.8) is 0 Å². The van der Waals surface area contributed by atoms with Crippen LogP contribution in [0, 0.1) is 0 Å². The molecule has 6 heteroatoms. The molecule has 2 fully saturated rings. The number of benzene rings is 1. The Balaban J connectivity index is 1.54.